The van der Waals surface area contributed by atoms with E-state index in [2.05, 4.69) is 36.4 Å². The predicted octanol–water partition coefficient (Wildman–Crippen LogP) is 7.02. The highest BCUT2D eigenvalue weighted by atomic mass is 16.6. The Bertz CT molecular complexity index is 1530. The van der Waals surface area contributed by atoms with Crippen LogP contribution in [0.1, 0.15) is 95.2 Å². The Kier molecular flexibility index (Phi) is 10.9. The van der Waals surface area contributed by atoms with Gasteiger partial charge in [-0.2, -0.15) is 10.4 Å². The van der Waals surface area contributed by atoms with E-state index in [1.54, 1.807) is 13.3 Å². The number of alkyl carbamates (subject to hydrolysis) is 1. The minimum Gasteiger partial charge on any atom is -0.495 e. The second-order valence-electron chi connectivity index (χ2n) is 12.9. The number of methoxy groups -OCH3 is 1. The lowest BCUT2D eigenvalue weighted by Gasteiger charge is -2.35. The highest BCUT2D eigenvalue weighted by molar-refractivity contribution is 5.94. The van der Waals surface area contributed by atoms with E-state index in [-0.39, 0.29) is 24.0 Å². The average molecular weight is 627 g/mol. The maximum absolute atomic E-state index is 14.3. The fourth-order valence-corrected chi connectivity index (χ4v) is 6.80. The lowest BCUT2D eigenvalue weighted by molar-refractivity contribution is -0.124. The van der Waals surface area contributed by atoms with Crippen LogP contribution in [0.25, 0.3) is 11.1 Å². The number of hydrogen-bond acceptors (Lipinski definition) is 7. The molecule has 2 aliphatic carbocycles. The van der Waals surface area contributed by atoms with Gasteiger partial charge in [-0.05, 0) is 119 Å². The molecule has 244 valence electrons. The first kappa shape index (κ1) is 33.0. The Hall–Kier alpha value is -4.39. The van der Waals surface area contributed by atoms with Crippen LogP contribution < -0.4 is 15.0 Å². The van der Waals surface area contributed by atoms with Crippen molar-refractivity contribution in [1.82, 2.24) is 20.1 Å². The van der Waals surface area contributed by atoms with Crippen molar-refractivity contribution in [2.75, 3.05) is 25.1 Å². The standard InChI is InChI=1S/C36H46N6O4/c1-5-38-36(44)46-32-13-10-27(11-14-32)35(43)41(34-19-29(16-17-39-34)31-21-40-42(23-31)24(2)3)22-25-6-8-26(9-7-25)28-12-15-33(45-4)30(18-28)20-37/h12,15-19,21,23-27,32H,5-11,13-14,22H2,1-4H3,(H,38,44). The zero-order chi connectivity index (χ0) is 32.6. The van der Waals surface area contributed by atoms with Crippen molar-refractivity contribution >= 4 is 17.8 Å². The molecule has 2 heterocycles. The van der Waals surface area contributed by atoms with Gasteiger partial charge in [0.15, 0.2) is 0 Å². The number of hydrogen-bond donors (Lipinski definition) is 1. The number of anilines is 1. The number of ether oxygens (including phenoxy) is 2. The van der Waals surface area contributed by atoms with E-state index in [0.29, 0.717) is 67.7 Å². The molecule has 2 saturated carbocycles. The Balaban J connectivity index is 1.32. The second-order valence-corrected chi connectivity index (χ2v) is 12.9. The molecule has 2 amide bonds. The molecule has 1 aromatic carbocycles. The largest absolute Gasteiger partial charge is 0.495 e. The molecule has 1 N–H and O–H groups in total. The fourth-order valence-electron chi connectivity index (χ4n) is 6.80. The van der Waals surface area contributed by atoms with Gasteiger partial charge in [0.1, 0.15) is 23.7 Å². The number of amides is 2. The molecule has 5 rings (SSSR count). The third-order valence-corrected chi connectivity index (χ3v) is 9.47. The van der Waals surface area contributed by atoms with Crippen molar-refractivity contribution in [3.8, 4) is 22.9 Å². The molecule has 3 aromatic rings. The molecular formula is C36H46N6O4. The number of nitrogens with zero attached hydrogens (tertiary/aromatic N) is 5. The van der Waals surface area contributed by atoms with Crippen molar-refractivity contribution in [2.24, 2.45) is 11.8 Å². The fraction of sp³-hybridized carbons (Fsp3) is 0.528. The lowest BCUT2D eigenvalue weighted by Crippen LogP contribution is -2.42. The van der Waals surface area contributed by atoms with E-state index in [9.17, 15) is 14.9 Å². The molecule has 2 aliphatic rings. The number of nitrogens with one attached hydrogen (secondary N) is 1. The number of nitriles is 1. The minimum absolute atomic E-state index is 0.0925. The van der Waals surface area contributed by atoms with Gasteiger partial charge in [0.05, 0.1) is 18.9 Å². The van der Waals surface area contributed by atoms with E-state index in [1.807, 2.05) is 53.2 Å². The second kappa shape index (κ2) is 15.3. The molecule has 2 aromatic heterocycles. The molecule has 0 radical (unpaired) electrons. The summed E-state index contributed by atoms with van der Waals surface area (Å²) >= 11 is 0. The van der Waals surface area contributed by atoms with Crippen LogP contribution in [0.2, 0.25) is 0 Å². The highest BCUT2D eigenvalue weighted by Gasteiger charge is 2.34. The number of rotatable bonds is 10. The van der Waals surface area contributed by atoms with Crippen LogP contribution in [-0.4, -0.2) is 53.1 Å². The summed E-state index contributed by atoms with van der Waals surface area (Å²) in [6.45, 7) is 7.18. The van der Waals surface area contributed by atoms with Gasteiger partial charge in [-0.25, -0.2) is 9.78 Å². The molecule has 2 fully saturated rings. The number of pyridine rings is 1. The number of carbonyl (C=O) groups is 2. The Labute approximate surface area is 272 Å². The molecule has 0 bridgehead atoms. The van der Waals surface area contributed by atoms with Crippen molar-refractivity contribution in [2.45, 2.75) is 90.2 Å². The van der Waals surface area contributed by atoms with Crippen molar-refractivity contribution in [3.05, 3.63) is 60.0 Å². The molecule has 0 saturated heterocycles. The third kappa shape index (κ3) is 7.87. The van der Waals surface area contributed by atoms with Crippen LogP contribution in [0.3, 0.4) is 0 Å². The van der Waals surface area contributed by atoms with Crippen molar-refractivity contribution in [3.63, 3.8) is 0 Å². The van der Waals surface area contributed by atoms with E-state index in [1.165, 1.54) is 5.56 Å². The van der Waals surface area contributed by atoms with Crippen molar-refractivity contribution in [1.29, 1.82) is 5.26 Å². The van der Waals surface area contributed by atoms with E-state index >= 15 is 0 Å². The van der Waals surface area contributed by atoms with Crippen LogP contribution in [0.4, 0.5) is 10.6 Å². The monoisotopic (exact) mass is 626 g/mol. The Morgan fingerprint density at radius 3 is 2.48 bits per heavy atom. The SMILES string of the molecule is CCNC(=O)OC1CCC(C(=O)N(CC2CCC(c3ccc(OC)c(C#N)c3)CC2)c2cc(-c3cnn(C(C)C)c3)ccn2)CC1. The molecule has 0 unspecified atom stereocenters. The molecule has 0 spiro atoms. The quantitative estimate of drug-likeness (QED) is 0.257. The average Bonchev–Trinajstić information content (AvgIpc) is 3.59. The van der Waals surface area contributed by atoms with Crippen LogP contribution in [0.15, 0.2) is 48.9 Å². The maximum atomic E-state index is 14.3. The van der Waals surface area contributed by atoms with Gasteiger partial charge in [0.25, 0.3) is 0 Å². The van der Waals surface area contributed by atoms with Gasteiger partial charge in [-0.1, -0.05) is 6.07 Å². The summed E-state index contributed by atoms with van der Waals surface area (Å²) in [4.78, 5) is 32.9. The van der Waals surface area contributed by atoms with Crippen LogP contribution in [-0.2, 0) is 9.53 Å². The number of benzene rings is 1. The van der Waals surface area contributed by atoms with E-state index in [4.69, 9.17) is 14.5 Å². The van der Waals surface area contributed by atoms with Gasteiger partial charge in [-0.3, -0.25) is 14.4 Å². The van der Waals surface area contributed by atoms with Gasteiger partial charge >= 0.3 is 6.09 Å². The molecule has 0 atom stereocenters. The van der Waals surface area contributed by atoms with Crippen molar-refractivity contribution < 1.29 is 19.1 Å². The summed E-state index contributed by atoms with van der Waals surface area (Å²) in [5.41, 5.74) is 3.70. The molecular weight excluding hydrogens is 580 g/mol. The third-order valence-electron chi connectivity index (χ3n) is 9.47. The van der Waals surface area contributed by atoms with E-state index < -0.39 is 6.09 Å². The molecule has 46 heavy (non-hydrogen) atoms. The summed E-state index contributed by atoms with van der Waals surface area (Å²) in [7, 11) is 1.59. The predicted molar refractivity (Wildman–Crippen MR) is 177 cm³/mol. The van der Waals surface area contributed by atoms with Crippen LogP contribution in [0, 0.1) is 23.2 Å². The number of aromatic nitrogens is 3. The smallest absolute Gasteiger partial charge is 0.407 e. The van der Waals surface area contributed by atoms with Gasteiger partial charge in [0, 0.05) is 43.0 Å². The van der Waals surface area contributed by atoms with Crippen LogP contribution >= 0.6 is 0 Å². The first-order valence-corrected chi connectivity index (χ1v) is 16.6. The first-order chi connectivity index (χ1) is 22.3. The summed E-state index contributed by atoms with van der Waals surface area (Å²) in [5, 5.41) is 16.8. The zero-order valence-electron chi connectivity index (χ0n) is 27.4. The van der Waals surface area contributed by atoms with Crippen LogP contribution in [0.5, 0.6) is 5.75 Å². The van der Waals surface area contributed by atoms with Gasteiger partial charge in [0.2, 0.25) is 5.91 Å². The topological polar surface area (TPSA) is 122 Å². The summed E-state index contributed by atoms with van der Waals surface area (Å²) in [6, 6.07) is 12.4. The number of carbonyl (C=O) groups excluding carboxylic acids is 2. The molecule has 10 nitrogen and oxygen atoms in total. The zero-order valence-corrected chi connectivity index (χ0v) is 27.4. The maximum Gasteiger partial charge on any atom is 0.407 e. The summed E-state index contributed by atoms with van der Waals surface area (Å²) in [5.74, 6) is 1.91. The summed E-state index contributed by atoms with van der Waals surface area (Å²) in [6.07, 6.45) is 11.7. The first-order valence-electron chi connectivity index (χ1n) is 16.6. The lowest BCUT2D eigenvalue weighted by atomic mass is 9.78. The van der Waals surface area contributed by atoms with Gasteiger partial charge in [-0.15, -0.1) is 0 Å². The van der Waals surface area contributed by atoms with Gasteiger partial charge < -0.3 is 14.8 Å². The van der Waals surface area contributed by atoms with E-state index in [0.717, 1.165) is 36.8 Å². The molecule has 0 aliphatic heterocycles. The highest BCUT2D eigenvalue weighted by Crippen LogP contribution is 2.39. The summed E-state index contributed by atoms with van der Waals surface area (Å²) < 4.78 is 12.8. The normalized spacial score (nSPS) is 21.3. The molecule has 10 heteroatoms. The Morgan fingerprint density at radius 1 is 1.07 bits per heavy atom. The minimum atomic E-state index is -0.394. The Morgan fingerprint density at radius 2 is 1.83 bits per heavy atom.